The second-order valence-corrected chi connectivity index (χ2v) is 5.79. The summed E-state index contributed by atoms with van der Waals surface area (Å²) in [5.41, 5.74) is 1.06. The van der Waals surface area contributed by atoms with Gasteiger partial charge in [-0.15, -0.1) is 11.3 Å². The second kappa shape index (κ2) is 4.63. The molecule has 1 aromatic carbocycles. The van der Waals surface area contributed by atoms with Crippen LogP contribution in [0.3, 0.4) is 0 Å². The minimum atomic E-state index is 0.0106. The monoisotopic (exact) mass is 317 g/mol. The molecule has 0 radical (unpaired) electrons. The van der Waals surface area contributed by atoms with Crippen LogP contribution in [0.25, 0.3) is 20.7 Å². The maximum Gasteiger partial charge on any atom is 0.190 e. The lowest BCUT2D eigenvalue weighted by atomic mass is 10.2. The van der Waals surface area contributed by atoms with Gasteiger partial charge in [0.05, 0.1) is 5.39 Å². The number of fused-ring (bicyclic) bond motifs is 1. The van der Waals surface area contributed by atoms with E-state index in [0.717, 1.165) is 19.7 Å². The molecule has 0 bridgehead atoms. The standard InChI is InChI=1S/C14H8BrNOS/c15-10-6-11-12(17)7-13(18-14(11)16-8-10)9-4-2-1-3-5-9/h1-8H. The van der Waals surface area contributed by atoms with Crippen LogP contribution in [0.4, 0.5) is 0 Å². The van der Waals surface area contributed by atoms with Crippen molar-refractivity contribution in [2.75, 3.05) is 0 Å². The van der Waals surface area contributed by atoms with Crippen LogP contribution in [0.15, 0.2) is 57.9 Å². The van der Waals surface area contributed by atoms with E-state index in [4.69, 9.17) is 0 Å². The topological polar surface area (TPSA) is 30.0 Å². The Morgan fingerprint density at radius 2 is 1.89 bits per heavy atom. The molecule has 0 aliphatic carbocycles. The molecule has 0 N–H and O–H groups in total. The van der Waals surface area contributed by atoms with Crippen molar-refractivity contribution in [2.24, 2.45) is 0 Å². The summed E-state index contributed by atoms with van der Waals surface area (Å²) in [6.07, 6.45) is 1.72. The molecule has 0 saturated heterocycles. The zero-order valence-corrected chi connectivity index (χ0v) is 11.7. The van der Waals surface area contributed by atoms with Gasteiger partial charge < -0.3 is 0 Å². The van der Waals surface area contributed by atoms with Crippen molar-refractivity contribution in [1.82, 2.24) is 4.98 Å². The normalized spacial score (nSPS) is 10.7. The highest BCUT2D eigenvalue weighted by Crippen LogP contribution is 2.27. The highest BCUT2D eigenvalue weighted by molar-refractivity contribution is 9.10. The van der Waals surface area contributed by atoms with E-state index in [1.165, 1.54) is 11.3 Å². The molecule has 0 fully saturated rings. The lowest BCUT2D eigenvalue weighted by molar-refractivity contribution is 1.41. The van der Waals surface area contributed by atoms with Gasteiger partial charge in [-0.2, -0.15) is 0 Å². The summed E-state index contributed by atoms with van der Waals surface area (Å²) < 4.78 is 0.826. The fourth-order valence-corrected chi connectivity index (χ4v) is 3.09. The number of hydrogen-bond acceptors (Lipinski definition) is 3. The highest BCUT2D eigenvalue weighted by Gasteiger charge is 2.06. The third-order valence-corrected chi connectivity index (χ3v) is 4.14. The molecule has 0 atom stereocenters. The molecule has 2 aromatic heterocycles. The Morgan fingerprint density at radius 1 is 1.11 bits per heavy atom. The number of pyridine rings is 1. The quantitative estimate of drug-likeness (QED) is 0.676. The molecular weight excluding hydrogens is 310 g/mol. The van der Waals surface area contributed by atoms with Gasteiger partial charge in [-0.3, -0.25) is 4.79 Å². The minimum absolute atomic E-state index is 0.0106. The summed E-state index contributed by atoms with van der Waals surface area (Å²) >= 11 is 4.86. The van der Waals surface area contributed by atoms with E-state index in [9.17, 15) is 4.79 Å². The maximum atomic E-state index is 12.1. The summed E-state index contributed by atoms with van der Waals surface area (Å²) in [6, 6.07) is 13.4. The fourth-order valence-electron chi connectivity index (χ4n) is 1.76. The number of rotatable bonds is 1. The summed E-state index contributed by atoms with van der Waals surface area (Å²) in [4.78, 5) is 18.1. The van der Waals surface area contributed by atoms with Gasteiger partial charge in [0.25, 0.3) is 0 Å². The molecule has 0 amide bonds. The van der Waals surface area contributed by atoms with Crippen LogP contribution in [0.2, 0.25) is 0 Å². The average molecular weight is 318 g/mol. The minimum Gasteiger partial charge on any atom is -0.289 e. The molecule has 0 aliphatic rings. The first-order valence-electron chi connectivity index (χ1n) is 5.39. The van der Waals surface area contributed by atoms with E-state index < -0.39 is 0 Å². The van der Waals surface area contributed by atoms with Gasteiger partial charge in [0.15, 0.2) is 5.43 Å². The molecular formula is C14H8BrNOS. The third-order valence-electron chi connectivity index (χ3n) is 2.61. The highest BCUT2D eigenvalue weighted by atomic mass is 79.9. The van der Waals surface area contributed by atoms with Crippen LogP contribution >= 0.6 is 27.3 Å². The second-order valence-electron chi connectivity index (χ2n) is 3.85. The SMILES string of the molecule is O=c1cc(-c2ccccc2)sc2ncc(Br)cc12. The predicted octanol–water partition coefficient (Wildman–Crippen LogP) is 4.09. The third kappa shape index (κ3) is 2.09. The molecule has 3 rings (SSSR count). The molecule has 0 saturated carbocycles. The number of benzene rings is 1. The van der Waals surface area contributed by atoms with Crippen LogP contribution in [-0.2, 0) is 0 Å². The Bertz CT molecular complexity index is 768. The Morgan fingerprint density at radius 3 is 2.67 bits per heavy atom. The van der Waals surface area contributed by atoms with Gasteiger partial charge in [-0.05, 0) is 27.6 Å². The summed E-state index contributed by atoms with van der Waals surface area (Å²) in [6.45, 7) is 0. The van der Waals surface area contributed by atoms with Gasteiger partial charge >= 0.3 is 0 Å². The maximum absolute atomic E-state index is 12.1. The van der Waals surface area contributed by atoms with Crippen LogP contribution in [0.5, 0.6) is 0 Å². The summed E-state index contributed by atoms with van der Waals surface area (Å²) in [5, 5.41) is 0.661. The predicted molar refractivity (Wildman–Crippen MR) is 79.0 cm³/mol. The summed E-state index contributed by atoms with van der Waals surface area (Å²) in [5.74, 6) is 0. The van der Waals surface area contributed by atoms with E-state index in [-0.39, 0.29) is 5.43 Å². The van der Waals surface area contributed by atoms with Crippen LogP contribution in [0, 0.1) is 0 Å². The molecule has 0 aliphatic heterocycles. The zero-order valence-electron chi connectivity index (χ0n) is 9.26. The van der Waals surface area contributed by atoms with Gasteiger partial charge in [-0.25, -0.2) is 4.98 Å². The first-order chi connectivity index (χ1) is 8.74. The fraction of sp³-hybridized carbons (Fsp3) is 0. The largest absolute Gasteiger partial charge is 0.289 e. The van der Waals surface area contributed by atoms with E-state index >= 15 is 0 Å². The van der Waals surface area contributed by atoms with Gasteiger partial charge in [0.2, 0.25) is 0 Å². The Balaban J connectivity index is 2.29. The van der Waals surface area contributed by atoms with Gasteiger partial charge in [-0.1, -0.05) is 30.3 Å². The molecule has 2 heterocycles. The van der Waals surface area contributed by atoms with Crippen LogP contribution < -0.4 is 5.43 Å². The molecule has 4 heteroatoms. The van der Waals surface area contributed by atoms with Crippen LogP contribution in [-0.4, -0.2) is 4.98 Å². The van der Waals surface area contributed by atoms with Crippen molar-refractivity contribution >= 4 is 37.5 Å². The van der Waals surface area contributed by atoms with Crippen molar-refractivity contribution in [3.05, 3.63) is 63.4 Å². The Labute approximate surface area is 116 Å². The van der Waals surface area contributed by atoms with E-state index in [1.54, 1.807) is 12.3 Å². The number of halogens is 1. The van der Waals surface area contributed by atoms with Crippen molar-refractivity contribution in [2.45, 2.75) is 0 Å². The van der Waals surface area contributed by atoms with Crippen molar-refractivity contribution in [1.29, 1.82) is 0 Å². The Hall–Kier alpha value is -1.52. The molecule has 3 aromatic rings. The summed E-state index contributed by atoms with van der Waals surface area (Å²) in [7, 11) is 0. The smallest absolute Gasteiger partial charge is 0.190 e. The zero-order chi connectivity index (χ0) is 12.5. The molecule has 88 valence electrons. The number of aromatic nitrogens is 1. The molecule has 0 spiro atoms. The van der Waals surface area contributed by atoms with E-state index in [2.05, 4.69) is 20.9 Å². The number of nitrogens with zero attached hydrogens (tertiary/aromatic N) is 1. The molecule has 0 unspecified atom stereocenters. The van der Waals surface area contributed by atoms with Crippen LogP contribution in [0.1, 0.15) is 0 Å². The van der Waals surface area contributed by atoms with Gasteiger partial charge in [0, 0.05) is 21.6 Å². The average Bonchev–Trinajstić information content (AvgIpc) is 2.40. The first kappa shape index (κ1) is 11.6. The molecule has 18 heavy (non-hydrogen) atoms. The first-order valence-corrected chi connectivity index (χ1v) is 7.00. The lowest BCUT2D eigenvalue weighted by Gasteiger charge is -2.02. The lowest BCUT2D eigenvalue weighted by Crippen LogP contribution is -1.99. The van der Waals surface area contributed by atoms with Gasteiger partial charge in [0.1, 0.15) is 4.83 Å². The van der Waals surface area contributed by atoms with E-state index in [1.807, 2.05) is 36.4 Å². The van der Waals surface area contributed by atoms with Crippen molar-refractivity contribution < 1.29 is 0 Å². The molecule has 2 nitrogen and oxygen atoms in total. The Kier molecular flexibility index (Phi) is 2.97. The van der Waals surface area contributed by atoms with Crippen molar-refractivity contribution in [3.8, 4) is 10.4 Å². The van der Waals surface area contributed by atoms with Crippen molar-refractivity contribution in [3.63, 3.8) is 0 Å². The number of hydrogen-bond donors (Lipinski definition) is 0. The van der Waals surface area contributed by atoms with E-state index in [0.29, 0.717) is 5.39 Å².